The number of methoxy groups -OCH3 is 2. The second-order valence-electron chi connectivity index (χ2n) is 6.03. The summed E-state index contributed by atoms with van der Waals surface area (Å²) in [6.07, 6.45) is 1.39. The van der Waals surface area contributed by atoms with E-state index in [-0.39, 0.29) is 10.9 Å². The maximum Gasteiger partial charge on any atom is 0.241 e. The first-order valence-corrected chi connectivity index (χ1v) is 9.37. The Bertz CT molecular complexity index is 912. The van der Waals surface area contributed by atoms with Crippen LogP contribution >= 0.6 is 0 Å². The molecule has 0 amide bonds. The van der Waals surface area contributed by atoms with Crippen molar-refractivity contribution in [3.8, 4) is 11.5 Å². The lowest BCUT2D eigenvalue weighted by Crippen LogP contribution is -2.28. The molecular weight excluding hydrogens is 345 g/mol. The van der Waals surface area contributed by atoms with Gasteiger partial charge in [-0.1, -0.05) is 0 Å². The van der Waals surface area contributed by atoms with E-state index in [1.165, 1.54) is 12.1 Å². The number of sulfonamides is 1. The number of halogens is 1. The summed E-state index contributed by atoms with van der Waals surface area (Å²) in [4.78, 5) is 0.0860. The highest BCUT2D eigenvalue weighted by atomic mass is 32.2. The minimum atomic E-state index is -3.76. The molecule has 0 aliphatic heterocycles. The maximum atomic E-state index is 13.3. The van der Waals surface area contributed by atoms with Crippen molar-refractivity contribution in [2.75, 3.05) is 14.2 Å². The summed E-state index contributed by atoms with van der Waals surface area (Å²) < 4.78 is 52.0. The second kappa shape index (κ2) is 6.65. The van der Waals surface area contributed by atoms with Gasteiger partial charge in [0.15, 0.2) is 11.5 Å². The lowest BCUT2D eigenvalue weighted by molar-refractivity contribution is 0.354. The normalized spacial score (nSPS) is 16.6. The van der Waals surface area contributed by atoms with Crippen LogP contribution in [0.4, 0.5) is 4.39 Å². The van der Waals surface area contributed by atoms with Crippen molar-refractivity contribution in [1.29, 1.82) is 0 Å². The number of benzene rings is 2. The maximum absolute atomic E-state index is 13.3. The molecule has 2 aromatic rings. The second-order valence-corrected chi connectivity index (χ2v) is 7.71. The van der Waals surface area contributed by atoms with Gasteiger partial charge in [-0.15, -0.1) is 0 Å². The predicted molar refractivity (Wildman–Crippen MR) is 92.1 cm³/mol. The Balaban J connectivity index is 1.93. The van der Waals surface area contributed by atoms with Crippen LogP contribution in [0.2, 0.25) is 0 Å². The van der Waals surface area contributed by atoms with Crippen molar-refractivity contribution < 1.29 is 22.3 Å². The van der Waals surface area contributed by atoms with E-state index in [4.69, 9.17) is 9.47 Å². The third-order valence-electron chi connectivity index (χ3n) is 4.45. The molecule has 1 aliphatic rings. The van der Waals surface area contributed by atoms with Gasteiger partial charge in [0.25, 0.3) is 0 Å². The molecule has 0 radical (unpaired) electrons. The van der Waals surface area contributed by atoms with Crippen molar-refractivity contribution in [2.45, 2.75) is 30.7 Å². The molecule has 5 nitrogen and oxygen atoms in total. The van der Waals surface area contributed by atoms with Gasteiger partial charge < -0.3 is 9.47 Å². The standard InChI is InChI=1S/C18H20FNO4S/c1-11-8-13(19)5-7-18(11)25(21,22)20-15-6-4-12-9-16(23-2)17(24-3)10-14(12)15/h5,7-10,15,20H,4,6H2,1-3H3. The average Bonchev–Trinajstić information content (AvgIpc) is 2.94. The zero-order valence-electron chi connectivity index (χ0n) is 14.3. The van der Waals surface area contributed by atoms with Gasteiger partial charge in [0.05, 0.1) is 19.1 Å². The number of ether oxygens (including phenoxy) is 2. The van der Waals surface area contributed by atoms with Gasteiger partial charge in [0.2, 0.25) is 10.0 Å². The third kappa shape index (κ3) is 3.34. The van der Waals surface area contributed by atoms with Crippen LogP contribution in [0.1, 0.15) is 29.2 Å². The molecule has 1 N–H and O–H groups in total. The number of hydrogen-bond acceptors (Lipinski definition) is 4. The first-order valence-electron chi connectivity index (χ1n) is 7.89. The van der Waals surface area contributed by atoms with Gasteiger partial charge in [0.1, 0.15) is 5.82 Å². The van der Waals surface area contributed by atoms with Gasteiger partial charge in [-0.2, -0.15) is 0 Å². The fourth-order valence-corrected chi connectivity index (χ4v) is 4.70. The fourth-order valence-electron chi connectivity index (χ4n) is 3.22. The topological polar surface area (TPSA) is 64.6 Å². The molecule has 7 heteroatoms. The summed E-state index contributed by atoms with van der Waals surface area (Å²) in [5, 5.41) is 0. The van der Waals surface area contributed by atoms with E-state index in [0.29, 0.717) is 23.5 Å². The first kappa shape index (κ1) is 17.7. The van der Waals surface area contributed by atoms with Gasteiger partial charge in [-0.25, -0.2) is 17.5 Å². The summed E-state index contributed by atoms with van der Waals surface area (Å²) in [7, 11) is -0.650. The summed E-state index contributed by atoms with van der Waals surface area (Å²) in [5.41, 5.74) is 2.28. The van der Waals surface area contributed by atoms with Gasteiger partial charge in [-0.05, 0) is 66.8 Å². The predicted octanol–water partition coefficient (Wildman–Crippen LogP) is 3.12. The molecule has 25 heavy (non-hydrogen) atoms. The van der Waals surface area contributed by atoms with Gasteiger partial charge in [-0.3, -0.25) is 0 Å². The lowest BCUT2D eigenvalue weighted by Gasteiger charge is -2.17. The van der Waals surface area contributed by atoms with Crippen LogP contribution in [0, 0.1) is 12.7 Å². The van der Waals surface area contributed by atoms with E-state index >= 15 is 0 Å². The van der Waals surface area contributed by atoms with Crippen LogP contribution < -0.4 is 14.2 Å². The van der Waals surface area contributed by atoms with Crippen LogP contribution in [0.15, 0.2) is 35.2 Å². The minimum absolute atomic E-state index is 0.0860. The van der Waals surface area contributed by atoms with E-state index in [9.17, 15) is 12.8 Å². The van der Waals surface area contributed by atoms with Crippen LogP contribution in [0.25, 0.3) is 0 Å². The molecule has 2 aromatic carbocycles. The molecule has 3 rings (SSSR count). The summed E-state index contributed by atoms with van der Waals surface area (Å²) in [6.45, 7) is 1.58. The molecule has 0 heterocycles. The van der Waals surface area contributed by atoms with E-state index in [2.05, 4.69) is 4.72 Å². The molecular formula is C18H20FNO4S. The quantitative estimate of drug-likeness (QED) is 0.884. The van der Waals surface area contributed by atoms with Crippen LogP contribution in [-0.2, 0) is 16.4 Å². The molecule has 1 aliphatic carbocycles. The monoisotopic (exact) mass is 365 g/mol. The summed E-state index contributed by atoms with van der Waals surface area (Å²) >= 11 is 0. The van der Waals surface area contributed by atoms with Crippen molar-refractivity contribution in [1.82, 2.24) is 4.72 Å². The van der Waals surface area contributed by atoms with Crippen molar-refractivity contribution in [3.63, 3.8) is 0 Å². The van der Waals surface area contributed by atoms with Gasteiger partial charge >= 0.3 is 0 Å². The Kier molecular flexibility index (Phi) is 4.71. The van der Waals surface area contributed by atoms with Crippen molar-refractivity contribution in [3.05, 3.63) is 52.8 Å². The number of fused-ring (bicyclic) bond motifs is 1. The molecule has 0 bridgehead atoms. The Morgan fingerprint density at radius 2 is 1.80 bits per heavy atom. The Morgan fingerprint density at radius 1 is 1.12 bits per heavy atom. The summed E-state index contributed by atoms with van der Waals surface area (Å²) in [5.74, 6) is 0.726. The smallest absolute Gasteiger partial charge is 0.241 e. The first-order chi connectivity index (χ1) is 11.9. The van der Waals surface area contributed by atoms with Gasteiger partial charge in [0, 0.05) is 6.04 Å². The average molecular weight is 365 g/mol. The Morgan fingerprint density at radius 3 is 2.44 bits per heavy atom. The summed E-state index contributed by atoms with van der Waals surface area (Å²) in [6, 6.07) is 6.99. The molecule has 134 valence electrons. The highest BCUT2D eigenvalue weighted by molar-refractivity contribution is 7.89. The SMILES string of the molecule is COc1cc2c(cc1OC)C(NS(=O)(=O)c1ccc(F)cc1C)CC2. The molecule has 0 saturated heterocycles. The van der Waals surface area contributed by atoms with E-state index < -0.39 is 15.8 Å². The third-order valence-corrected chi connectivity index (χ3v) is 6.08. The highest BCUT2D eigenvalue weighted by Crippen LogP contribution is 2.40. The highest BCUT2D eigenvalue weighted by Gasteiger charge is 2.29. The molecule has 0 saturated carbocycles. The van der Waals surface area contributed by atoms with Crippen LogP contribution in [-0.4, -0.2) is 22.6 Å². The zero-order valence-corrected chi connectivity index (χ0v) is 15.1. The van der Waals surface area contributed by atoms with E-state index in [1.807, 2.05) is 12.1 Å². The number of hydrogen-bond donors (Lipinski definition) is 1. The Labute approximate surface area is 146 Å². The number of aryl methyl sites for hydroxylation is 2. The molecule has 1 atom stereocenters. The molecule has 1 unspecified atom stereocenters. The Hall–Kier alpha value is -2.12. The van der Waals surface area contributed by atoms with E-state index in [1.54, 1.807) is 21.1 Å². The fraction of sp³-hybridized carbons (Fsp3) is 0.333. The number of rotatable bonds is 5. The minimum Gasteiger partial charge on any atom is -0.493 e. The van der Waals surface area contributed by atoms with E-state index in [0.717, 1.165) is 23.6 Å². The molecule has 0 aromatic heterocycles. The number of nitrogens with one attached hydrogen (secondary N) is 1. The van der Waals surface area contributed by atoms with Crippen LogP contribution in [0.5, 0.6) is 11.5 Å². The molecule has 0 fully saturated rings. The van der Waals surface area contributed by atoms with Crippen LogP contribution in [0.3, 0.4) is 0 Å². The van der Waals surface area contributed by atoms with Crippen molar-refractivity contribution in [2.24, 2.45) is 0 Å². The lowest BCUT2D eigenvalue weighted by atomic mass is 10.1. The van der Waals surface area contributed by atoms with Crippen molar-refractivity contribution >= 4 is 10.0 Å². The zero-order chi connectivity index (χ0) is 18.2. The molecule has 0 spiro atoms. The largest absolute Gasteiger partial charge is 0.493 e.